The van der Waals surface area contributed by atoms with Crippen LogP contribution in [0.25, 0.3) is 28.2 Å². The Morgan fingerprint density at radius 3 is 2.10 bits per heavy atom. The van der Waals surface area contributed by atoms with Gasteiger partial charge in [0.2, 0.25) is 0 Å². The van der Waals surface area contributed by atoms with E-state index >= 15 is 0 Å². The van der Waals surface area contributed by atoms with Crippen LogP contribution in [0.5, 0.6) is 0 Å². The van der Waals surface area contributed by atoms with Crippen LogP contribution >= 0.6 is 0 Å². The summed E-state index contributed by atoms with van der Waals surface area (Å²) in [6.45, 7) is 0. The third kappa shape index (κ3) is 4.44. The summed E-state index contributed by atoms with van der Waals surface area (Å²) in [6, 6.07) is 34.2. The Hall–Kier alpha value is -4.43. The summed E-state index contributed by atoms with van der Waals surface area (Å²) in [5.41, 5.74) is 8.36. The Morgan fingerprint density at radius 2 is 1.48 bits per heavy atom. The molecular formula is C26H20N4O. The minimum atomic E-state index is -0.439. The molecule has 1 amide bonds. The fourth-order valence-electron chi connectivity index (χ4n) is 3.47. The molecule has 0 radical (unpaired) electrons. The molecular weight excluding hydrogens is 384 g/mol. The Kier molecular flexibility index (Phi) is 6.01. The number of para-hydroxylation sites is 1. The Labute approximate surface area is 180 Å². The van der Waals surface area contributed by atoms with Crippen molar-refractivity contribution in [2.45, 2.75) is 6.42 Å². The van der Waals surface area contributed by atoms with Gasteiger partial charge in [0.15, 0.2) is 0 Å². The molecule has 4 rings (SSSR count). The van der Waals surface area contributed by atoms with Crippen LogP contribution in [-0.2, 0) is 4.79 Å². The van der Waals surface area contributed by atoms with Gasteiger partial charge in [-0.15, -0.1) is 0 Å². The average Bonchev–Trinajstić information content (AvgIpc) is 3.20. The van der Waals surface area contributed by atoms with Gasteiger partial charge in [-0.25, -0.2) is 5.43 Å². The van der Waals surface area contributed by atoms with Crippen molar-refractivity contribution in [3.05, 3.63) is 103 Å². The van der Waals surface area contributed by atoms with E-state index in [4.69, 9.17) is 5.26 Å². The summed E-state index contributed by atoms with van der Waals surface area (Å²) in [7, 11) is 0. The normalized spacial score (nSPS) is 10.7. The van der Waals surface area contributed by atoms with Gasteiger partial charge in [-0.1, -0.05) is 78.9 Å². The van der Waals surface area contributed by atoms with Crippen LogP contribution in [0.1, 0.15) is 12.0 Å². The van der Waals surface area contributed by atoms with Crippen molar-refractivity contribution in [3.63, 3.8) is 0 Å². The lowest BCUT2D eigenvalue weighted by molar-refractivity contribution is -0.120. The monoisotopic (exact) mass is 404 g/mol. The summed E-state index contributed by atoms with van der Waals surface area (Å²) in [5, 5.41) is 12.8. The van der Waals surface area contributed by atoms with Gasteiger partial charge in [-0.2, -0.15) is 10.4 Å². The summed E-state index contributed by atoms with van der Waals surface area (Å²) in [6.07, 6.45) is 1.40. The van der Waals surface area contributed by atoms with E-state index in [1.165, 1.54) is 0 Å². The van der Waals surface area contributed by atoms with Crippen LogP contribution in [-0.4, -0.2) is 16.7 Å². The molecule has 31 heavy (non-hydrogen) atoms. The topological polar surface area (TPSA) is 70.2 Å². The van der Waals surface area contributed by atoms with Crippen molar-refractivity contribution in [2.24, 2.45) is 5.10 Å². The van der Waals surface area contributed by atoms with Gasteiger partial charge in [0.1, 0.15) is 6.42 Å². The van der Waals surface area contributed by atoms with Crippen LogP contribution < -0.4 is 5.43 Å². The molecule has 0 saturated heterocycles. The fraction of sp³-hybridized carbons (Fsp3) is 0.0385. The highest BCUT2D eigenvalue weighted by Gasteiger charge is 2.18. The third-order valence-corrected chi connectivity index (χ3v) is 4.79. The molecule has 1 heterocycles. The lowest BCUT2D eigenvalue weighted by atomic mass is 10.1. The minimum absolute atomic E-state index is 0.233. The highest BCUT2D eigenvalue weighted by atomic mass is 16.2. The molecule has 0 aliphatic carbocycles. The molecule has 0 bridgehead atoms. The molecule has 5 heteroatoms. The first-order valence-corrected chi connectivity index (χ1v) is 9.89. The number of hydrogen-bond donors (Lipinski definition) is 1. The first kappa shape index (κ1) is 19.9. The van der Waals surface area contributed by atoms with Gasteiger partial charge in [0, 0.05) is 11.3 Å². The number of benzene rings is 3. The number of carbonyl (C=O) groups excluding carboxylic acids is 1. The molecule has 0 aliphatic rings. The number of nitrogens with zero attached hydrogens (tertiary/aromatic N) is 3. The van der Waals surface area contributed by atoms with E-state index < -0.39 is 5.91 Å². The van der Waals surface area contributed by atoms with Crippen molar-refractivity contribution in [1.29, 1.82) is 5.26 Å². The predicted molar refractivity (Wildman–Crippen MR) is 123 cm³/mol. The zero-order valence-electron chi connectivity index (χ0n) is 16.8. The lowest BCUT2D eigenvalue weighted by Crippen LogP contribution is -2.16. The minimum Gasteiger partial charge on any atom is -0.309 e. The maximum Gasteiger partial charge on any atom is 0.254 e. The number of aromatic nitrogens is 1. The van der Waals surface area contributed by atoms with E-state index in [0.717, 1.165) is 33.8 Å². The van der Waals surface area contributed by atoms with E-state index in [1.54, 1.807) is 6.21 Å². The largest absolute Gasteiger partial charge is 0.309 e. The molecule has 150 valence electrons. The Bertz CT molecular complexity index is 1240. The van der Waals surface area contributed by atoms with Gasteiger partial charge in [0.25, 0.3) is 5.91 Å². The summed E-state index contributed by atoms with van der Waals surface area (Å²) < 4.78 is 2.20. The van der Waals surface area contributed by atoms with Crippen LogP contribution in [0.15, 0.2) is 102 Å². The van der Waals surface area contributed by atoms with Crippen molar-refractivity contribution < 1.29 is 4.79 Å². The number of carbonyl (C=O) groups is 1. The molecule has 0 atom stereocenters. The second kappa shape index (κ2) is 9.38. The zero-order valence-corrected chi connectivity index (χ0v) is 16.8. The summed E-state index contributed by atoms with van der Waals surface area (Å²) >= 11 is 0. The number of amides is 1. The molecule has 0 unspecified atom stereocenters. The van der Waals surface area contributed by atoms with Gasteiger partial charge in [-0.3, -0.25) is 4.79 Å². The SMILES string of the molecule is N#CCC(=O)N/N=C/c1cc(-c2ccccc2)n(-c2ccccc2)c1-c1ccccc1. The first-order chi connectivity index (χ1) is 15.3. The van der Waals surface area contributed by atoms with Crippen molar-refractivity contribution in [1.82, 2.24) is 9.99 Å². The highest BCUT2D eigenvalue weighted by molar-refractivity contribution is 5.94. The second-order valence-electron chi connectivity index (χ2n) is 6.86. The smallest absolute Gasteiger partial charge is 0.254 e. The van der Waals surface area contributed by atoms with Crippen molar-refractivity contribution in [2.75, 3.05) is 0 Å². The van der Waals surface area contributed by atoms with Crippen LogP contribution in [0.4, 0.5) is 0 Å². The van der Waals surface area contributed by atoms with E-state index in [-0.39, 0.29) is 6.42 Å². The first-order valence-electron chi connectivity index (χ1n) is 9.89. The van der Waals surface area contributed by atoms with Gasteiger partial charge >= 0.3 is 0 Å². The summed E-state index contributed by atoms with van der Waals surface area (Å²) in [5.74, 6) is -0.439. The number of nitrogens with one attached hydrogen (secondary N) is 1. The Morgan fingerprint density at radius 1 is 0.903 bits per heavy atom. The lowest BCUT2D eigenvalue weighted by Gasteiger charge is -2.15. The number of nitriles is 1. The van der Waals surface area contributed by atoms with Crippen LogP contribution in [0.3, 0.4) is 0 Å². The van der Waals surface area contributed by atoms with Crippen LogP contribution in [0, 0.1) is 11.3 Å². The maximum atomic E-state index is 11.7. The van der Waals surface area contributed by atoms with E-state index in [1.807, 2.05) is 60.7 Å². The highest BCUT2D eigenvalue weighted by Crippen LogP contribution is 2.35. The number of rotatable bonds is 6. The number of hydrogen-bond acceptors (Lipinski definition) is 3. The number of hydrazone groups is 1. The average molecular weight is 404 g/mol. The zero-order chi connectivity index (χ0) is 21.5. The molecule has 0 spiro atoms. The summed E-state index contributed by atoms with van der Waals surface area (Å²) in [4.78, 5) is 11.7. The molecule has 1 aromatic heterocycles. The van der Waals surface area contributed by atoms with E-state index in [2.05, 4.69) is 57.6 Å². The fourth-order valence-corrected chi connectivity index (χ4v) is 3.47. The molecule has 0 saturated carbocycles. The van der Waals surface area contributed by atoms with Gasteiger partial charge in [-0.05, 0) is 29.3 Å². The molecule has 3 aromatic carbocycles. The molecule has 0 aliphatic heterocycles. The Balaban J connectivity index is 1.92. The van der Waals surface area contributed by atoms with Crippen molar-refractivity contribution in [3.8, 4) is 34.3 Å². The molecule has 0 fully saturated rings. The van der Waals surface area contributed by atoms with E-state index in [0.29, 0.717) is 0 Å². The van der Waals surface area contributed by atoms with Gasteiger partial charge < -0.3 is 4.57 Å². The standard InChI is InChI=1S/C26H20N4O/c27-17-16-25(31)29-28-19-22-18-24(20-10-4-1-5-11-20)30(23-14-8-3-9-15-23)26(22)21-12-6-2-7-13-21/h1-15,18-19H,16H2,(H,29,31)/b28-19+. The molecule has 5 nitrogen and oxygen atoms in total. The molecule has 1 N–H and O–H groups in total. The quantitative estimate of drug-likeness (QED) is 0.355. The predicted octanol–water partition coefficient (Wildman–Crippen LogP) is 5.18. The van der Waals surface area contributed by atoms with Crippen LogP contribution in [0.2, 0.25) is 0 Å². The second-order valence-corrected chi connectivity index (χ2v) is 6.86. The third-order valence-electron chi connectivity index (χ3n) is 4.79. The molecule has 4 aromatic rings. The van der Waals surface area contributed by atoms with E-state index in [9.17, 15) is 4.79 Å². The maximum absolute atomic E-state index is 11.7. The van der Waals surface area contributed by atoms with Gasteiger partial charge in [0.05, 0.1) is 23.7 Å². The van der Waals surface area contributed by atoms with Crippen molar-refractivity contribution >= 4 is 12.1 Å².